The van der Waals surface area contributed by atoms with Gasteiger partial charge in [0.2, 0.25) is 0 Å². The van der Waals surface area contributed by atoms with Gasteiger partial charge in [-0.25, -0.2) is 4.79 Å². The predicted octanol–water partition coefficient (Wildman–Crippen LogP) is 1.82. The lowest BCUT2D eigenvalue weighted by molar-refractivity contribution is -0.0481. The summed E-state index contributed by atoms with van der Waals surface area (Å²) in [5, 5.41) is 0. The SMILES string of the molecule is CCOC(=O)OC1(CN)CCCCC1. The van der Waals surface area contributed by atoms with Crippen LogP contribution in [0.1, 0.15) is 39.0 Å². The maximum absolute atomic E-state index is 11.2. The molecule has 0 heterocycles. The van der Waals surface area contributed by atoms with Crippen LogP contribution in [0.5, 0.6) is 0 Å². The van der Waals surface area contributed by atoms with Crippen molar-refractivity contribution in [2.75, 3.05) is 13.2 Å². The maximum atomic E-state index is 11.2. The number of ether oxygens (including phenoxy) is 2. The van der Waals surface area contributed by atoms with Gasteiger partial charge in [0.25, 0.3) is 0 Å². The van der Waals surface area contributed by atoms with Crippen molar-refractivity contribution in [2.45, 2.75) is 44.6 Å². The molecule has 14 heavy (non-hydrogen) atoms. The number of rotatable bonds is 3. The molecule has 0 bridgehead atoms. The molecule has 1 fully saturated rings. The highest BCUT2D eigenvalue weighted by Gasteiger charge is 2.35. The van der Waals surface area contributed by atoms with Crippen molar-refractivity contribution >= 4 is 6.16 Å². The van der Waals surface area contributed by atoms with Crippen LogP contribution in [0.2, 0.25) is 0 Å². The van der Waals surface area contributed by atoms with Crippen LogP contribution in [0.15, 0.2) is 0 Å². The fourth-order valence-electron chi connectivity index (χ4n) is 1.87. The minimum atomic E-state index is -0.583. The molecule has 2 N–H and O–H groups in total. The van der Waals surface area contributed by atoms with Crippen molar-refractivity contribution in [3.63, 3.8) is 0 Å². The molecule has 82 valence electrons. The Labute approximate surface area is 84.7 Å². The van der Waals surface area contributed by atoms with Gasteiger partial charge < -0.3 is 15.2 Å². The fraction of sp³-hybridized carbons (Fsp3) is 0.900. The molecule has 0 aromatic rings. The predicted molar refractivity (Wildman–Crippen MR) is 53.0 cm³/mol. The molecule has 0 aromatic carbocycles. The Morgan fingerprint density at radius 2 is 2.00 bits per heavy atom. The summed E-state index contributed by atoms with van der Waals surface area (Å²) in [7, 11) is 0. The van der Waals surface area contributed by atoms with Crippen molar-refractivity contribution in [1.82, 2.24) is 0 Å². The highest BCUT2D eigenvalue weighted by atomic mass is 16.7. The summed E-state index contributed by atoms with van der Waals surface area (Å²) in [6.07, 6.45) is 4.51. The summed E-state index contributed by atoms with van der Waals surface area (Å²) in [5.74, 6) is 0. The molecular weight excluding hydrogens is 182 g/mol. The lowest BCUT2D eigenvalue weighted by Crippen LogP contribution is -2.44. The monoisotopic (exact) mass is 201 g/mol. The molecule has 0 unspecified atom stereocenters. The van der Waals surface area contributed by atoms with Crippen molar-refractivity contribution in [2.24, 2.45) is 5.73 Å². The van der Waals surface area contributed by atoms with Gasteiger partial charge >= 0.3 is 6.16 Å². The van der Waals surface area contributed by atoms with Crippen LogP contribution in [0.3, 0.4) is 0 Å². The quantitative estimate of drug-likeness (QED) is 0.707. The van der Waals surface area contributed by atoms with E-state index in [9.17, 15) is 4.79 Å². The average Bonchev–Trinajstić information content (AvgIpc) is 2.19. The Hall–Kier alpha value is -0.770. The molecule has 0 atom stereocenters. The Bertz CT molecular complexity index is 188. The Kier molecular flexibility index (Phi) is 4.20. The van der Waals surface area contributed by atoms with Crippen LogP contribution in [0.25, 0.3) is 0 Å². The van der Waals surface area contributed by atoms with Gasteiger partial charge in [0.15, 0.2) is 0 Å². The Balaban J connectivity index is 2.47. The van der Waals surface area contributed by atoms with Crippen LogP contribution in [-0.2, 0) is 9.47 Å². The van der Waals surface area contributed by atoms with Crippen molar-refractivity contribution < 1.29 is 14.3 Å². The summed E-state index contributed by atoms with van der Waals surface area (Å²) in [4.78, 5) is 11.2. The topological polar surface area (TPSA) is 61.5 Å². The van der Waals surface area contributed by atoms with E-state index >= 15 is 0 Å². The number of nitrogens with two attached hydrogens (primary N) is 1. The third kappa shape index (κ3) is 2.87. The van der Waals surface area contributed by atoms with Crippen LogP contribution in [0, 0.1) is 0 Å². The second-order valence-corrected chi connectivity index (χ2v) is 3.73. The molecule has 0 aromatic heterocycles. The third-order valence-corrected chi connectivity index (χ3v) is 2.70. The van der Waals surface area contributed by atoms with Crippen LogP contribution in [0.4, 0.5) is 4.79 Å². The van der Waals surface area contributed by atoms with Gasteiger partial charge in [-0.15, -0.1) is 0 Å². The van der Waals surface area contributed by atoms with E-state index in [0.29, 0.717) is 13.2 Å². The highest BCUT2D eigenvalue weighted by Crippen LogP contribution is 2.30. The number of carbonyl (C=O) groups is 1. The molecule has 1 aliphatic rings. The van der Waals surface area contributed by atoms with Crippen molar-refractivity contribution in [3.05, 3.63) is 0 Å². The first kappa shape index (κ1) is 11.3. The van der Waals surface area contributed by atoms with Gasteiger partial charge in [-0.1, -0.05) is 6.42 Å². The fourth-order valence-corrected chi connectivity index (χ4v) is 1.87. The van der Waals surface area contributed by atoms with Gasteiger partial charge in [0.1, 0.15) is 5.60 Å². The lowest BCUT2D eigenvalue weighted by atomic mass is 9.85. The smallest absolute Gasteiger partial charge is 0.435 e. The van der Waals surface area contributed by atoms with E-state index in [1.807, 2.05) is 0 Å². The zero-order chi connectivity index (χ0) is 10.4. The van der Waals surface area contributed by atoms with Crippen LogP contribution in [-0.4, -0.2) is 24.9 Å². The van der Waals surface area contributed by atoms with E-state index in [-0.39, 0.29) is 0 Å². The van der Waals surface area contributed by atoms with E-state index < -0.39 is 11.8 Å². The first-order valence-electron chi connectivity index (χ1n) is 5.28. The molecule has 4 heteroatoms. The normalized spacial score (nSPS) is 20.1. The largest absolute Gasteiger partial charge is 0.508 e. The molecule has 0 spiro atoms. The molecular formula is C10H19NO3. The summed E-state index contributed by atoms with van der Waals surface area (Å²) in [6.45, 7) is 2.50. The summed E-state index contributed by atoms with van der Waals surface area (Å²) >= 11 is 0. The van der Waals surface area contributed by atoms with Crippen LogP contribution < -0.4 is 5.73 Å². The molecule has 0 amide bonds. The molecule has 1 rings (SSSR count). The number of hydrogen-bond donors (Lipinski definition) is 1. The highest BCUT2D eigenvalue weighted by molar-refractivity contribution is 5.60. The standard InChI is InChI=1S/C10H19NO3/c1-2-13-9(12)14-10(8-11)6-4-3-5-7-10/h2-8,11H2,1H3. The second-order valence-electron chi connectivity index (χ2n) is 3.73. The maximum Gasteiger partial charge on any atom is 0.508 e. The van der Waals surface area contributed by atoms with Crippen LogP contribution >= 0.6 is 0 Å². The summed E-state index contributed by atoms with van der Waals surface area (Å²) in [5.41, 5.74) is 5.20. The van der Waals surface area contributed by atoms with Gasteiger partial charge in [-0.2, -0.15) is 0 Å². The third-order valence-electron chi connectivity index (χ3n) is 2.70. The molecule has 4 nitrogen and oxygen atoms in total. The van der Waals surface area contributed by atoms with E-state index in [2.05, 4.69) is 0 Å². The van der Waals surface area contributed by atoms with Gasteiger partial charge in [0.05, 0.1) is 6.61 Å². The van der Waals surface area contributed by atoms with Crippen molar-refractivity contribution in [1.29, 1.82) is 0 Å². The molecule has 0 radical (unpaired) electrons. The van der Waals surface area contributed by atoms with Gasteiger partial charge in [0, 0.05) is 6.54 Å². The van der Waals surface area contributed by atoms with E-state index in [1.54, 1.807) is 6.92 Å². The summed E-state index contributed by atoms with van der Waals surface area (Å²) in [6, 6.07) is 0. The van der Waals surface area contributed by atoms with Gasteiger partial charge in [-0.05, 0) is 32.6 Å². The molecule has 1 aliphatic carbocycles. The first-order valence-corrected chi connectivity index (χ1v) is 5.28. The molecule has 0 aliphatic heterocycles. The minimum absolute atomic E-state index is 0.347. The lowest BCUT2D eigenvalue weighted by Gasteiger charge is -2.34. The van der Waals surface area contributed by atoms with E-state index in [4.69, 9.17) is 15.2 Å². The van der Waals surface area contributed by atoms with Crippen molar-refractivity contribution in [3.8, 4) is 0 Å². The van der Waals surface area contributed by atoms with Gasteiger partial charge in [-0.3, -0.25) is 0 Å². The molecule has 1 saturated carbocycles. The Morgan fingerprint density at radius 1 is 1.36 bits per heavy atom. The Morgan fingerprint density at radius 3 is 2.50 bits per heavy atom. The number of carbonyl (C=O) groups excluding carboxylic acids is 1. The summed E-state index contributed by atoms with van der Waals surface area (Å²) < 4.78 is 10.0. The minimum Gasteiger partial charge on any atom is -0.435 e. The zero-order valence-corrected chi connectivity index (χ0v) is 8.75. The van der Waals surface area contributed by atoms with E-state index in [0.717, 1.165) is 25.7 Å². The average molecular weight is 201 g/mol. The first-order chi connectivity index (χ1) is 6.72. The second kappa shape index (κ2) is 5.20. The molecule has 0 saturated heterocycles. The number of hydrogen-bond acceptors (Lipinski definition) is 4. The van der Waals surface area contributed by atoms with E-state index in [1.165, 1.54) is 6.42 Å². The zero-order valence-electron chi connectivity index (χ0n) is 8.75.